The van der Waals surface area contributed by atoms with Crippen LogP contribution in [0.25, 0.3) is 32.3 Å². The van der Waals surface area contributed by atoms with Gasteiger partial charge in [0.1, 0.15) is 0 Å². The molecule has 0 aromatic heterocycles. The van der Waals surface area contributed by atoms with Gasteiger partial charge in [-0.3, -0.25) is 0 Å². The van der Waals surface area contributed by atoms with E-state index in [4.69, 9.17) is 0 Å². The Balaban J connectivity index is 2.05. The summed E-state index contributed by atoms with van der Waals surface area (Å²) in [7, 11) is -6.84. The monoisotopic (exact) mass is 1570 g/mol. The summed E-state index contributed by atoms with van der Waals surface area (Å²) in [4.78, 5) is 0. The van der Waals surface area contributed by atoms with Gasteiger partial charge >= 0.3 is 317 Å². The number of benzene rings is 4. The van der Waals surface area contributed by atoms with E-state index in [1.165, 1.54) is 32.3 Å². The summed E-state index contributed by atoms with van der Waals surface area (Å²) in [5.74, 6) is 10.3. The summed E-state index contributed by atoms with van der Waals surface area (Å²) in [5, 5.41) is 8.49. The van der Waals surface area contributed by atoms with E-state index in [9.17, 15) is 0 Å². The van der Waals surface area contributed by atoms with E-state index in [2.05, 4.69) is 185 Å². The molecule has 0 spiro atoms. The predicted molar refractivity (Wildman–Crippen MR) is 204 cm³/mol. The van der Waals surface area contributed by atoms with E-state index in [-0.39, 0.29) is 0 Å². The molecule has 4 atom stereocenters. The van der Waals surface area contributed by atoms with Gasteiger partial charge in [-0.2, -0.15) is 0 Å². The fourth-order valence-corrected chi connectivity index (χ4v) is 64.7. The van der Waals surface area contributed by atoms with Crippen molar-refractivity contribution in [2.24, 2.45) is 0 Å². The zero-order valence-electron chi connectivity index (χ0n) is 20.5. The van der Waals surface area contributed by atoms with Gasteiger partial charge in [0.05, 0.1) is 0 Å². The first kappa shape index (κ1) is 36.8. The molecule has 0 aliphatic heterocycles. The summed E-state index contributed by atoms with van der Waals surface area (Å²) in [6.45, 7) is 0. The summed E-state index contributed by atoms with van der Waals surface area (Å²) >= 11 is 26.9. The van der Waals surface area contributed by atoms with Crippen LogP contribution in [0, 0.1) is 0 Å². The molecule has 0 aliphatic rings. The van der Waals surface area contributed by atoms with Crippen LogP contribution in [0.3, 0.4) is 0 Å². The van der Waals surface area contributed by atoms with Gasteiger partial charge in [-0.25, -0.2) is 0 Å². The van der Waals surface area contributed by atoms with Crippen molar-refractivity contribution in [1.82, 2.24) is 0 Å². The molecular weight excluding hydrogens is 1530 g/mol. The third kappa shape index (κ3) is 7.98. The van der Waals surface area contributed by atoms with Crippen LogP contribution in [-0.2, 0) is 0 Å². The van der Waals surface area contributed by atoms with Gasteiger partial charge in [0.2, 0.25) is 0 Å². The number of hydrogen-bond acceptors (Lipinski definition) is 0. The van der Waals surface area contributed by atoms with Gasteiger partial charge in [-0.05, 0) is 0 Å². The fraction of sp³-hybridized carbons (Fsp3) is 0.182. The molecule has 0 bridgehead atoms. The molecule has 0 heterocycles. The Morgan fingerprint density at radius 1 is 0.368 bits per heavy atom. The van der Waals surface area contributed by atoms with Crippen LogP contribution >= 0.6 is 0 Å². The second kappa shape index (κ2) is 14.6. The number of hydrogen-bond donors (Lipinski definition) is 0. The van der Waals surface area contributed by atoms with E-state index < -0.39 is 36.8 Å². The second-order valence-corrected chi connectivity index (χ2v) is 154. The molecule has 0 nitrogen and oxygen atoms in total. The van der Waals surface area contributed by atoms with Crippen molar-refractivity contribution in [3.05, 3.63) is 48.5 Å². The molecule has 4 aromatic rings. The summed E-state index contributed by atoms with van der Waals surface area (Å²) < 4.78 is 6.88. The maximum absolute atomic E-state index is 3.16. The Labute approximate surface area is 310 Å². The standard InChI is InChI=1S/C22H28Se16/c1-35(27,31-23)19-9-15-5-13-7-17-11-21(37(3,29)33-25)22(38(4,30)34-26)12-18(17)8-14(13)6-16(15)10-20(19)36(2,28)32-24/h5-12,23-30H,1-4H3. The zero-order chi connectivity index (χ0) is 28.3. The van der Waals surface area contributed by atoms with Crippen LogP contribution in [0.2, 0.25) is 23.3 Å². The molecule has 38 heavy (non-hydrogen) atoms. The average Bonchev–Trinajstić information content (AvgIpc) is 2.89. The topological polar surface area (TPSA) is 0 Å². The minimum absolute atomic E-state index is 0.618. The summed E-state index contributed by atoms with van der Waals surface area (Å²) in [5.41, 5.74) is 0. The zero-order valence-corrected chi connectivity index (χ0v) is 49.2. The van der Waals surface area contributed by atoms with Crippen LogP contribution in [0.15, 0.2) is 48.5 Å². The van der Waals surface area contributed by atoms with Gasteiger partial charge in [0.25, 0.3) is 0 Å². The van der Waals surface area contributed by atoms with Crippen LogP contribution < -0.4 is 17.8 Å². The van der Waals surface area contributed by atoms with Crippen LogP contribution in [0.5, 0.6) is 0 Å². The second-order valence-electron chi connectivity index (χ2n) is 8.85. The molecule has 4 rings (SSSR count). The van der Waals surface area contributed by atoms with Gasteiger partial charge < -0.3 is 0 Å². The third-order valence-electron chi connectivity index (χ3n) is 6.09. The predicted octanol–water partition coefficient (Wildman–Crippen LogP) is -4.05. The number of fused-ring (bicyclic) bond motifs is 3. The Morgan fingerprint density at radius 3 is 0.684 bits per heavy atom. The molecule has 0 aliphatic carbocycles. The van der Waals surface area contributed by atoms with Gasteiger partial charge in [-0.1, -0.05) is 0 Å². The minimum atomic E-state index is -1.71. The van der Waals surface area contributed by atoms with E-state index in [0.717, 1.165) is 0 Å². The van der Waals surface area contributed by atoms with Crippen molar-refractivity contribution in [3.63, 3.8) is 0 Å². The molecule has 0 radical (unpaired) electrons. The summed E-state index contributed by atoms with van der Waals surface area (Å²) in [6, 6.07) is 20.4. The van der Waals surface area contributed by atoms with Crippen molar-refractivity contribution in [2.45, 2.75) is 23.3 Å². The normalized spacial score (nSPS) is 22.1. The Bertz CT molecular complexity index is 1300. The first-order valence-corrected chi connectivity index (χ1v) is 76.0. The van der Waals surface area contributed by atoms with Crippen LogP contribution in [-0.4, -0.2) is 195 Å². The average molecular weight is 1560 g/mol. The van der Waals surface area contributed by atoms with Crippen molar-refractivity contribution < 1.29 is 0 Å². The SMILES string of the molecule is C[Se]([SeH])([Se][SeH])c1cc2cc3cc4cc([Se](C)([SeH])[Se][SeH])c([Se](C)([SeH])[Se][SeH])cc4cc3cc2cc1[Se](C)([SeH])[Se][SeH]. The number of rotatable bonds is 8. The molecule has 0 N–H and O–H groups in total. The first-order valence-electron chi connectivity index (χ1n) is 10.4. The van der Waals surface area contributed by atoms with Crippen molar-refractivity contribution in [3.8, 4) is 0 Å². The molecule has 4 unspecified atom stereocenters. The van der Waals surface area contributed by atoms with Crippen LogP contribution in [0.1, 0.15) is 0 Å². The van der Waals surface area contributed by atoms with E-state index in [1.54, 1.807) is 17.8 Å². The molecule has 0 fully saturated rings. The Morgan fingerprint density at radius 2 is 0.526 bits per heavy atom. The maximum atomic E-state index is 3.16. The van der Waals surface area contributed by atoms with Gasteiger partial charge in [-0.15, -0.1) is 0 Å². The molecule has 16 heteroatoms. The first-order chi connectivity index (χ1) is 17.6. The van der Waals surface area contributed by atoms with E-state index >= 15 is 0 Å². The molecular formula is C22H28Se16. The Hall–Kier alpha value is 5.97. The van der Waals surface area contributed by atoms with Crippen molar-refractivity contribution in [1.29, 1.82) is 0 Å². The fourth-order valence-electron chi connectivity index (χ4n) is 4.11. The molecule has 0 saturated heterocycles. The molecule has 212 valence electrons. The quantitative estimate of drug-likeness (QED) is 0.125. The van der Waals surface area contributed by atoms with E-state index in [0.29, 0.717) is 45.2 Å². The van der Waals surface area contributed by atoms with Crippen molar-refractivity contribution >= 4 is 246 Å². The summed E-state index contributed by atoms with van der Waals surface area (Å²) in [6.07, 6.45) is 0. The van der Waals surface area contributed by atoms with Gasteiger partial charge in [0, 0.05) is 0 Å². The van der Waals surface area contributed by atoms with Crippen LogP contribution in [0.4, 0.5) is 0 Å². The third-order valence-corrected chi connectivity index (χ3v) is 193. The van der Waals surface area contributed by atoms with Crippen molar-refractivity contribution in [2.75, 3.05) is 0 Å². The molecule has 0 saturated carbocycles. The van der Waals surface area contributed by atoms with E-state index in [1.807, 2.05) is 0 Å². The molecule has 0 amide bonds. The Kier molecular flexibility index (Phi) is 14.2. The molecule has 4 aromatic carbocycles. The van der Waals surface area contributed by atoms with Gasteiger partial charge in [0.15, 0.2) is 0 Å².